The van der Waals surface area contributed by atoms with Crippen LogP contribution in [0.5, 0.6) is 0 Å². The van der Waals surface area contributed by atoms with E-state index in [9.17, 15) is 9.90 Å². The van der Waals surface area contributed by atoms with Crippen LogP contribution in [0.2, 0.25) is 0 Å². The van der Waals surface area contributed by atoms with Crippen LogP contribution in [0.4, 0.5) is 0 Å². The highest BCUT2D eigenvalue weighted by Gasteiger charge is 2.11. The first kappa shape index (κ1) is 15.5. The third-order valence-electron chi connectivity index (χ3n) is 2.83. The molecule has 21 heavy (non-hydrogen) atoms. The van der Waals surface area contributed by atoms with E-state index in [0.29, 0.717) is 17.8 Å². The summed E-state index contributed by atoms with van der Waals surface area (Å²) in [5.74, 6) is -0.138. The van der Waals surface area contributed by atoms with E-state index in [2.05, 4.69) is 20.3 Å². The van der Waals surface area contributed by atoms with Gasteiger partial charge in [-0.15, -0.1) is 11.3 Å². The van der Waals surface area contributed by atoms with Gasteiger partial charge in [-0.25, -0.2) is 4.98 Å². The number of aliphatic hydroxyl groups excluding tert-OH is 1. The molecule has 0 aliphatic rings. The van der Waals surface area contributed by atoms with Gasteiger partial charge in [0.25, 0.3) is 0 Å². The second-order valence-electron chi connectivity index (χ2n) is 4.66. The van der Waals surface area contributed by atoms with Crippen molar-refractivity contribution in [1.29, 1.82) is 0 Å². The maximum atomic E-state index is 11.8. The van der Waals surface area contributed by atoms with Gasteiger partial charge >= 0.3 is 0 Å². The lowest BCUT2D eigenvalue weighted by molar-refractivity contribution is -0.120. The smallest absolute Gasteiger partial charge is 0.226 e. The average molecular weight is 306 g/mol. The summed E-state index contributed by atoms with van der Waals surface area (Å²) in [6, 6.07) is 0. The number of carbonyl (C=O) groups is 1. The van der Waals surface area contributed by atoms with Crippen LogP contribution in [-0.4, -0.2) is 38.6 Å². The lowest BCUT2D eigenvalue weighted by Gasteiger charge is -2.09. The number of amides is 1. The van der Waals surface area contributed by atoms with Crippen LogP contribution in [0.25, 0.3) is 10.7 Å². The Morgan fingerprint density at radius 1 is 1.48 bits per heavy atom. The molecule has 2 aromatic rings. The number of thiazole rings is 1. The maximum Gasteiger partial charge on any atom is 0.226 e. The monoisotopic (exact) mass is 306 g/mol. The number of nitrogens with one attached hydrogen (secondary N) is 1. The minimum Gasteiger partial charge on any atom is -0.391 e. The van der Waals surface area contributed by atoms with Crippen molar-refractivity contribution in [3.05, 3.63) is 29.7 Å². The van der Waals surface area contributed by atoms with E-state index in [1.807, 2.05) is 12.3 Å². The van der Waals surface area contributed by atoms with E-state index in [1.165, 1.54) is 11.3 Å². The van der Waals surface area contributed by atoms with E-state index >= 15 is 0 Å². The number of hydrogen-bond donors (Lipinski definition) is 2. The predicted octanol–water partition coefficient (Wildman–Crippen LogP) is 1.42. The fourth-order valence-corrected chi connectivity index (χ4v) is 2.59. The third kappa shape index (κ3) is 4.87. The molecule has 2 rings (SSSR count). The molecule has 0 aliphatic heterocycles. The molecule has 2 N–H and O–H groups in total. The Morgan fingerprint density at radius 3 is 3.05 bits per heavy atom. The summed E-state index contributed by atoms with van der Waals surface area (Å²) in [6.07, 6.45) is 6.16. The van der Waals surface area contributed by atoms with Gasteiger partial charge in [0.15, 0.2) is 0 Å². The van der Waals surface area contributed by atoms with E-state index in [4.69, 9.17) is 0 Å². The molecule has 6 nitrogen and oxygen atoms in total. The van der Waals surface area contributed by atoms with Crippen LogP contribution in [0, 0.1) is 0 Å². The fourth-order valence-electron chi connectivity index (χ4n) is 1.81. The minimum absolute atomic E-state index is 0.138. The van der Waals surface area contributed by atoms with Crippen LogP contribution < -0.4 is 5.32 Å². The third-order valence-corrected chi connectivity index (χ3v) is 3.75. The van der Waals surface area contributed by atoms with Gasteiger partial charge in [-0.05, 0) is 6.42 Å². The van der Waals surface area contributed by atoms with Crippen molar-refractivity contribution >= 4 is 17.2 Å². The normalized spacial score (nSPS) is 12.1. The Labute approximate surface area is 127 Å². The van der Waals surface area contributed by atoms with Gasteiger partial charge in [0.05, 0.1) is 24.4 Å². The van der Waals surface area contributed by atoms with Crippen molar-refractivity contribution in [2.24, 2.45) is 0 Å². The SMILES string of the molecule is CCCC(O)CNC(=O)Cc1csc(-c2cnccn2)n1. The molecule has 0 aliphatic carbocycles. The molecule has 0 spiro atoms. The lowest BCUT2D eigenvalue weighted by atomic mass is 10.2. The van der Waals surface area contributed by atoms with Crippen molar-refractivity contribution < 1.29 is 9.90 Å². The van der Waals surface area contributed by atoms with Crippen LogP contribution in [0.1, 0.15) is 25.5 Å². The van der Waals surface area contributed by atoms with Crippen LogP contribution in [0.15, 0.2) is 24.0 Å². The summed E-state index contributed by atoms with van der Waals surface area (Å²) in [6.45, 7) is 2.28. The Bertz CT molecular complexity index is 573. The zero-order valence-corrected chi connectivity index (χ0v) is 12.6. The van der Waals surface area contributed by atoms with Gasteiger partial charge < -0.3 is 10.4 Å². The Balaban J connectivity index is 1.86. The molecule has 0 radical (unpaired) electrons. The quantitative estimate of drug-likeness (QED) is 0.807. The number of aliphatic hydroxyl groups is 1. The highest BCUT2D eigenvalue weighted by molar-refractivity contribution is 7.13. The molecule has 112 valence electrons. The van der Waals surface area contributed by atoms with E-state index < -0.39 is 6.10 Å². The second kappa shape index (κ2) is 7.80. The summed E-state index contributed by atoms with van der Waals surface area (Å²) in [5.41, 5.74) is 1.40. The van der Waals surface area contributed by atoms with Gasteiger partial charge in [-0.3, -0.25) is 14.8 Å². The molecular formula is C14H18N4O2S. The number of aromatic nitrogens is 3. The van der Waals surface area contributed by atoms with Crippen molar-refractivity contribution in [2.75, 3.05) is 6.54 Å². The lowest BCUT2D eigenvalue weighted by Crippen LogP contribution is -2.33. The summed E-state index contributed by atoms with van der Waals surface area (Å²) >= 11 is 1.43. The zero-order valence-electron chi connectivity index (χ0n) is 11.8. The summed E-state index contributed by atoms with van der Waals surface area (Å²) < 4.78 is 0. The molecule has 2 heterocycles. The van der Waals surface area contributed by atoms with E-state index in [1.54, 1.807) is 18.6 Å². The standard InChI is InChI=1S/C14H18N4O2S/c1-2-3-11(19)7-17-13(20)6-10-9-21-14(18-10)12-8-15-4-5-16-12/h4-5,8-9,11,19H,2-3,6-7H2,1H3,(H,17,20). The average Bonchev–Trinajstić information content (AvgIpc) is 2.95. The molecule has 0 fully saturated rings. The fraction of sp³-hybridized carbons (Fsp3) is 0.429. The van der Waals surface area contributed by atoms with Crippen LogP contribution in [0.3, 0.4) is 0 Å². The Kier molecular flexibility index (Phi) is 5.77. The largest absolute Gasteiger partial charge is 0.391 e. The van der Waals surface area contributed by atoms with Gasteiger partial charge in [-0.2, -0.15) is 0 Å². The van der Waals surface area contributed by atoms with Crippen molar-refractivity contribution in [3.63, 3.8) is 0 Å². The molecule has 1 amide bonds. The topological polar surface area (TPSA) is 88.0 Å². The molecule has 1 atom stereocenters. The summed E-state index contributed by atoms with van der Waals surface area (Å²) in [5, 5.41) is 14.9. The van der Waals surface area contributed by atoms with E-state index in [-0.39, 0.29) is 18.9 Å². The number of nitrogens with zero attached hydrogens (tertiary/aromatic N) is 3. The highest BCUT2D eigenvalue weighted by atomic mass is 32.1. The van der Waals surface area contributed by atoms with Gasteiger partial charge in [0.2, 0.25) is 5.91 Å². The molecule has 0 aromatic carbocycles. The Hall–Kier alpha value is -1.86. The van der Waals surface area contributed by atoms with Gasteiger partial charge in [-0.1, -0.05) is 13.3 Å². The van der Waals surface area contributed by atoms with E-state index in [0.717, 1.165) is 11.4 Å². The molecule has 1 unspecified atom stereocenters. The maximum absolute atomic E-state index is 11.8. The number of rotatable bonds is 7. The number of hydrogen-bond acceptors (Lipinski definition) is 6. The molecule has 0 bridgehead atoms. The zero-order chi connectivity index (χ0) is 15.1. The van der Waals surface area contributed by atoms with Crippen LogP contribution in [-0.2, 0) is 11.2 Å². The second-order valence-corrected chi connectivity index (χ2v) is 5.52. The molecule has 2 aromatic heterocycles. The summed E-state index contributed by atoms with van der Waals surface area (Å²) in [4.78, 5) is 24.3. The van der Waals surface area contributed by atoms with Crippen LogP contribution >= 0.6 is 11.3 Å². The first-order chi connectivity index (χ1) is 10.2. The Morgan fingerprint density at radius 2 is 2.33 bits per heavy atom. The van der Waals surface area contributed by atoms with Crippen molar-refractivity contribution in [1.82, 2.24) is 20.3 Å². The molecule has 0 saturated heterocycles. The molecule has 0 saturated carbocycles. The first-order valence-corrected chi connectivity index (χ1v) is 7.72. The first-order valence-electron chi connectivity index (χ1n) is 6.84. The van der Waals surface area contributed by atoms with Gasteiger partial charge in [0, 0.05) is 24.3 Å². The minimum atomic E-state index is -0.482. The highest BCUT2D eigenvalue weighted by Crippen LogP contribution is 2.20. The number of carbonyl (C=O) groups excluding carboxylic acids is 1. The van der Waals surface area contributed by atoms with Crippen molar-refractivity contribution in [2.45, 2.75) is 32.3 Å². The van der Waals surface area contributed by atoms with Gasteiger partial charge in [0.1, 0.15) is 10.7 Å². The predicted molar refractivity (Wildman–Crippen MR) is 80.8 cm³/mol. The van der Waals surface area contributed by atoms with Crippen molar-refractivity contribution in [3.8, 4) is 10.7 Å². The molecule has 7 heteroatoms. The molecular weight excluding hydrogens is 288 g/mol. The summed E-state index contributed by atoms with van der Waals surface area (Å²) in [7, 11) is 0.